The van der Waals surface area contributed by atoms with Crippen molar-refractivity contribution in [1.82, 2.24) is 5.32 Å². The summed E-state index contributed by atoms with van der Waals surface area (Å²) in [6, 6.07) is 3.55. The molecule has 0 aromatic heterocycles. The molecule has 0 aliphatic rings. The second kappa shape index (κ2) is 6.61. The average Bonchev–Trinajstić information content (AvgIpc) is 2.37. The lowest BCUT2D eigenvalue weighted by atomic mass is 9.89. The molecule has 5 heteroatoms. The van der Waals surface area contributed by atoms with Crippen molar-refractivity contribution < 1.29 is 18.3 Å². The van der Waals surface area contributed by atoms with Gasteiger partial charge in [0.15, 0.2) is 11.6 Å². The Hall–Kier alpha value is -1.49. The molecule has 0 unspecified atom stereocenters. The highest BCUT2D eigenvalue weighted by Gasteiger charge is 2.21. The van der Waals surface area contributed by atoms with Gasteiger partial charge in [0.25, 0.3) is 5.91 Å². The normalized spacial score (nSPS) is 11.4. The Morgan fingerprint density at radius 2 is 2.05 bits per heavy atom. The molecule has 0 bridgehead atoms. The number of halogens is 2. The van der Waals surface area contributed by atoms with E-state index in [9.17, 15) is 13.6 Å². The minimum atomic E-state index is -1.12. The molecule has 0 atom stereocenters. The summed E-state index contributed by atoms with van der Waals surface area (Å²) >= 11 is 0. The summed E-state index contributed by atoms with van der Waals surface area (Å²) in [6.45, 7) is 4.88. The van der Waals surface area contributed by atoms with Crippen LogP contribution in [0.1, 0.15) is 30.6 Å². The maximum Gasteiger partial charge on any atom is 0.254 e. The zero-order chi connectivity index (χ0) is 14.5. The summed E-state index contributed by atoms with van der Waals surface area (Å²) in [5.41, 5.74) is -0.447. The van der Waals surface area contributed by atoms with Gasteiger partial charge in [0, 0.05) is 20.3 Å². The summed E-state index contributed by atoms with van der Waals surface area (Å²) in [7, 11) is 1.61. The van der Waals surface area contributed by atoms with Crippen LogP contribution in [-0.2, 0) is 4.74 Å². The van der Waals surface area contributed by atoms with Gasteiger partial charge in [0.1, 0.15) is 0 Å². The van der Waals surface area contributed by atoms with Crippen LogP contribution in [0.15, 0.2) is 18.2 Å². The van der Waals surface area contributed by atoms with Crippen molar-refractivity contribution >= 4 is 5.91 Å². The maximum atomic E-state index is 13.4. The van der Waals surface area contributed by atoms with E-state index >= 15 is 0 Å². The number of nitrogens with one attached hydrogen (secondary N) is 1. The molecule has 1 N–H and O–H groups in total. The second-order valence-corrected chi connectivity index (χ2v) is 5.19. The number of ether oxygens (including phenoxy) is 1. The van der Waals surface area contributed by atoms with Crippen molar-refractivity contribution in [3.63, 3.8) is 0 Å². The van der Waals surface area contributed by atoms with Crippen molar-refractivity contribution in [2.75, 3.05) is 20.3 Å². The molecular weight excluding hydrogens is 252 g/mol. The Morgan fingerprint density at radius 3 is 2.68 bits per heavy atom. The Morgan fingerprint density at radius 1 is 1.37 bits per heavy atom. The Bertz CT molecular complexity index is 447. The van der Waals surface area contributed by atoms with Crippen molar-refractivity contribution in [3.8, 4) is 0 Å². The summed E-state index contributed by atoms with van der Waals surface area (Å²) in [5, 5.41) is 2.62. The van der Waals surface area contributed by atoms with E-state index in [4.69, 9.17) is 4.74 Å². The van der Waals surface area contributed by atoms with Gasteiger partial charge in [-0.2, -0.15) is 0 Å². The Labute approximate surface area is 112 Å². The van der Waals surface area contributed by atoms with Gasteiger partial charge in [-0.25, -0.2) is 8.78 Å². The number of carbonyl (C=O) groups excluding carboxylic acids is 1. The van der Waals surface area contributed by atoms with Crippen LogP contribution >= 0.6 is 0 Å². The van der Waals surface area contributed by atoms with Crippen LogP contribution in [0.2, 0.25) is 0 Å². The number of hydrogen-bond donors (Lipinski definition) is 1. The Kier molecular flexibility index (Phi) is 5.42. The lowest BCUT2D eigenvalue weighted by Crippen LogP contribution is -2.35. The minimum absolute atomic E-state index is 0.171. The van der Waals surface area contributed by atoms with E-state index in [-0.39, 0.29) is 11.0 Å². The van der Waals surface area contributed by atoms with Gasteiger partial charge in [-0.1, -0.05) is 19.9 Å². The molecule has 0 saturated carbocycles. The summed E-state index contributed by atoms with van der Waals surface area (Å²) in [4.78, 5) is 11.8. The fraction of sp³-hybridized carbons (Fsp3) is 0.500. The molecule has 0 radical (unpaired) electrons. The third-order valence-electron chi connectivity index (χ3n) is 2.91. The number of rotatable bonds is 6. The average molecular weight is 271 g/mol. The molecule has 1 aromatic rings. The smallest absolute Gasteiger partial charge is 0.254 e. The predicted octanol–water partition coefficient (Wildman–Crippen LogP) is 2.76. The maximum absolute atomic E-state index is 13.4. The van der Waals surface area contributed by atoms with Crippen LogP contribution in [0.3, 0.4) is 0 Å². The van der Waals surface area contributed by atoms with Crippen LogP contribution in [0.4, 0.5) is 8.78 Å². The zero-order valence-corrected chi connectivity index (χ0v) is 11.4. The van der Waals surface area contributed by atoms with Gasteiger partial charge in [-0.05, 0) is 24.0 Å². The highest BCUT2D eigenvalue weighted by molar-refractivity contribution is 5.94. The van der Waals surface area contributed by atoms with Gasteiger partial charge in [-0.15, -0.1) is 0 Å². The van der Waals surface area contributed by atoms with E-state index in [2.05, 4.69) is 5.32 Å². The number of carbonyl (C=O) groups is 1. The lowest BCUT2D eigenvalue weighted by Gasteiger charge is -2.24. The standard InChI is InChI=1S/C14H19F2NO2/c1-14(2,7-8-19-3)9-17-13(18)10-5-4-6-11(15)12(10)16/h4-6H,7-9H2,1-3H3,(H,17,18). The van der Waals surface area contributed by atoms with E-state index in [0.717, 1.165) is 12.5 Å². The van der Waals surface area contributed by atoms with Crippen molar-refractivity contribution in [3.05, 3.63) is 35.4 Å². The molecule has 0 spiro atoms. The van der Waals surface area contributed by atoms with E-state index in [1.165, 1.54) is 12.1 Å². The molecule has 19 heavy (non-hydrogen) atoms. The molecule has 0 fully saturated rings. The van der Waals surface area contributed by atoms with Crippen LogP contribution in [0.25, 0.3) is 0 Å². The first-order valence-corrected chi connectivity index (χ1v) is 6.08. The van der Waals surface area contributed by atoms with Crippen molar-refractivity contribution in [2.24, 2.45) is 5.41 Å². The molecule has 0 aliphatic heterocycles. The van der Waals surface area contributed by atoms with E-state index in [1.807, 2.05) is 13.8 Å². The highest BCUT2D eigenvalue weighted by atomic mass is 19.2. The van der Waals surface area contributed by atoms with Crippen LogP contribution in [-0.4, -0.2) is 26.2 Å². The SMILES string of the molecule is COCCC(C)(C)CNC(=O)c1cccc(F)c1F. The second-order valence-electron chi connectivity index (χ2n) is 5.19. The van der Waals surface area contributed by atoms with Crippen LogP contribution in [0, 0.1) is 17.0 Å². The van der Waals surface area contributed by atoms with Gasteiger partial charge in [0.2, 0.25) is 0 Å². The topological polar surface area (TPSA) is 38.3 Å². The molecule has 106 valence electrons. The fourth-order valence-corrected chi connectivity index (χ4v) is 1.56. The lowest BCUT2D eigenvalue weighted by molar-refractivity contribution is 0.0916. The fourth-order valence-electron chi connectivity index (χ4n) is 1.56. The third-order valence-corrected chi connectivity index (χ3v) is 2.91. The quantitative estimate of drug-likeness (QED) is 0.864. The van der Waals surface area contributed by atoms with Crippen LogP contribution in [0.5, 0.6) is 0 Å². The van der Waals surface area contributed by atoms with Gasteiger partial charge < -0.3 is 10.1 Å². The van der Waals surface area contributed by atoms with E-state index < -0.39 is 17.5 Å². The molecule has 1 aromatic carbocycles. The first-order chi connectivity index (χ1) is 8.87. The monoisotopic (exact) mass is 271 g/mol. The first-order valence-electron chi connectivity index (χ1n) is 6.08. The largest absolute Gasteiger partial charge is 0.385 e. The molecule has 0 heterocycles. The molecule has 3 nitrogen and oxygen atoms in total. The van der Waals surface area contributed by atoms with Crippen LogP contribution < -0.4 is 5.32 Å². The summed E-state index contributed by atoms with van der Waals surface area (Å²) in [6.07, 6.45) is 0.759. The van der Waals surface area contributed by atoms with Gasteiger partial charge >= 0.3 is 0 Å². The summed E-state index contributed by atoms with van der Waals surface area (Å²) in [5.74, 6) is -2.75. The van der Waals surface area contributed by atoms with Gasteiger partial charge in [0.05, 0.1) is 5.56 Å². The number of hydrogen-bond acceptors (Lipinski definition) is 2. The van der Waals surface area contributed by atoms with Crippen molar-refractivity contribution in [1.29, 1.82) is 0 Å². The zero-order valence-electron chi connectivity index (χ0n) is 11.4. The van der Waals surface area contributed by atoms with Gasteiger partial charge in [-0.3, -0.25) is 4.79 Å². The first kappa shape index (κ1) is 15.6. The third kappa shape index (κ3) is 4.59. The highest BCUT2D eigenvalue weighted by Crippen LogP contribution is 2.19. The molecule has 1 amide bonds. The number of amides is 1. The Balaban J connectivity index is 2.63. The van der Waals surface area contributed by atoms with E-state index in [0.29, 0.717) is 13.2 Å². The molecule has 0 saturated heterocycles. The van der Waals surface area contributed by atoms with E-state index in [1.54, 1.807) is 7.11 Å². The molecule has 0 aliphatic carbocycles. The molecule has 1 rings (SSSR count). The summed E-state index contributed by atoms with van der Waals surface area (Å²) < 4.78 is 31.4. The number of methoxy groups -OCH3 is 1. The minimum Gasteiger partial charge on any atom is -0.385 e. The molecular formula is C14H19F2NO2. The number of benzene rings is 1. The van der Waals surface area contributed by atoms with Crippen molar-refractivity contribution in [2.45, 2.75) is 20.3 Å². The predicted molar refractivity (Wildman–Crippen MR) is 69.0 cm³/mol.